The molecule has 58 valence electrons. The van der Waals surface area contributed by atoms with Crippen molar-refractivity contribution in [3.63, 3.8) is 0 Å². The molecule has 10 heavy (non-hydrogen) atoms. The second-order valence-corrected chi connectivity index (χ2v) is 2.33. The van der Waals surface area contributed by atoms with Crippen LogP contribution in [0.4, 0.5) is 0 Å². The fourth-order valence-corrected chi connectivity index (χ4v) is 0.921. The number of carbonyl (C=O) groups excluding carboxylic acids is 1. The number of rotatable bonds is 3. The summed E-state index contributed by atoms with van der Waals surface area (Å²) >= 11 is 3.05. The third-order valence-corrected chi connectivity index (χ3v) is 1.55. The van der Waals surface area contributed by atoms with Gasteiger partial charge in [-0.05, 0) is 18.8 Å². The Hall–Kier alpha value is -0.310. The Balaban J connectivity index is 3.89. The lowest BCUT2D eigenvalue weighted by Gasteiger charge is -2.15. The van der Waals surface area contributed by atoms with Crippen molar-refractivity contribution in [2.24, 2.45) is 0 Å². The fraction of sp³-hybridized carbons (Fsp3) is 0.571. The van der Waals surface area contributed by atoms with E-state index in [-0.39, 0.29) is 5.91 Å². The van der Waals surface area contributed by atoms with Crippen LogP contribution >= 0.6 is 15.9 Å². The van der Waals surface area contributed by atoms with Crippen LogP contribution in [0.2, 0.25) is 0 Å². The molecule has 1 amide bonds. The molecule has 0 unspecified atom stereocenters. The summed E-state index contributed by atoms with van der Waals surface area (Å²) in [5, 5.41) is 0. The molecule has 0 saturated carbocycles. The van der Waals surface area contributed by atoms with Crippen molar-refractivity contribution in [2.75, 3.05) is 13.1 Å². The van der Waals surface area contributed by atoms with Gasteiger partial charge in [0, 0.05) is 19.2 Å². The number of carbonyl (C=O) groups is 1. The quantitative estimate of drug-likeness (QED) is 0.644. The Bertz CT molecular complexity index is 130. The van der Waals surface area contributed by atoms with Gasteiger partial charge in [-0.1, -0.05) is 15.9 Å². The Labute approximate surface area is 70.0 Å². The molecule has 0 aliphatic heterocycles. The first-order valence-electron chi connectivity index (χ1n) is 3.31. The Morgan fingerprint density at radius 3 is 2.30 bits per heavy atom. The van der Waals surface area contributed by atoms with E-state index in [4.69, 9.17) is 0 Å². The predicted octanol–water partition coefficient (Wildman–Crippen LogP) is 1.76. The zero-order valence-electron chi connectivity index (χ0n) is 6.30. The number of likely N-dealkylation sites (N-methyl/N-ethyl adjacent to an activating group) is 1. The second kappa shape index (κ2) is 5.47. The summed E-state index contributed by atoms with van der Waals surface area (Å²) < 4.78 is 0. The summed E-state index contributed by atoms with van der Waals surface area (Å²) in [7, 11) is 0. The monoisotopic (exact) mass is 205 g/mol. The van der Waals surface area contributed by atoms with Crippen LogP contribution in [0.3, 0.4) is 0 Å². The fourth-order valence-electron chi connectivity index (χ4n) is 0.695. The molecule has 0 rings (SSSR count). The maximum atomic E-state index is 11.0. The number of amides is 1. The summed E-state index contributed by atoms with van der Waals surface area (Å²) in [6.45, 7) is 5.46. The van der Waals surface area contributed by atoms with E-state index < -0.39 is 0 Å². The van der Waals surface area contributed by atoms with E-state index in [0.29, 0.717) is 0 Å². The maximum Gasteiger partial charge on any atom is 0.247 e. The molecular weight excluding hydrogens is 194 g/mol. The van der Waals surface area contributed by atoms with Gasteiger partial charge in [0.1, 0.15) is 0 Å². The van der Waals surface area contributed by atoms with Gasteiger partial charge >= 0.3 is 0 Å². The Morgan fingerprint density at radius 2 is 2.00 bits per heavy atom. The lowest BCUT2D eigenvalue weighted by Crippen LogP contribution is -2.28. The minimum atomic E-state index is 0.0573. The van der Waals surface area contributed by atoms with Gasteiger partial charge < -0.3 is 4.90 Å². The van der Waals surface area contributed by atoms with E-state index in [2.05, 4.69) is 15.9 Å². The van der Waals surface area contributed by atoms with Crippen LogP contribution in [-0.4, -0.2) is 23.9 Å². The van der Waals surface area contributed by atoms with Crippen LogP contribution in [0.25, 0.3) is 0 Å². The van der Waals surface area contributed by atoms with Gasteiger partial charge in [0.25, 0.3) is 0 Å². The lowest BCUT2D eigenvalue weighted by molar-refractivity contribution is -0.125. The normalized spacial score (nSPS) is 10.3. The van der Waals surface area contributed by atoms with Crippen molar-refractivity contribution < 1.29 is 4.79 Å². The molecule has 2 nitrogen and oxygen atoms in total. The van der Waals surface area contributed by atoms with Crippen LogP contribution in [-0.2, 0) is 4.79 Å². The molecule has 0 bridgehead atoms. The van der Waals surface area contributed by atoms with Crippen LogP contribution in [0.15, 0.2) is 11.1 Å². The van der Waals surface area contributed by atoms with Crippen LogP contribution in [0, 0.1) is 0 Å². The molecule has 0 heterocycles. The van der Waals surface area contributed by atoms with E-state index in [9.17, 15) is 4.79 Å². The number of hydrogen-bond acceptors (Lipinski definition) is 1. The molecule has 0 aliphatic carbocycles. The van der Waals surface area contributed by atoms with E-state index in [1.54, 1.807) is 9.89 Å². The van der Waals surface area contributed by atoms with Gasteiger partial charge in [-0.25, -0.2) is 0 Å². The molecule has 0 radical (unpaired) electrons. The largest absolute Gasteiger partial charge is 0.340 e. The maximum absolute atomic E-state index is 11.0. The van der Waals surface area contributed by atoms with E-state index in [1.165, 1.54) is 6.08 Å². The van der Waals surface area contributed by atoms with E-state index in [1.807, 2.05) is 13.8 Å². The zero-order valence-corrected chi connectivity index (χ0v) is 7.89. The minimum absolute atomic E-state index is 0.0573. The highest BCUT2D eigenvalue weighted by molar-refractivity contribution is 9.11. The second-order valence-electron chi connectivity index (χ2n) is 1.80. The smallest absolute Gasteiger partial charge is 0.247 e. The SMILES string of the molecule is CCN(CC)C(=O)C=CBr. The minimum Gasteiger partial charge on any atom is -0.340 e. The van der Waals surface area contributed by atoms with Gasteiger partial charge in [-0.2, -0.15) is 0 Å². The van der Waals surface area contributed by atoms with Crippen LogP contribution < -0.4 is 0 Å². The van der Waals surface area contributed by atoms with Crippen molar-refractivity contribution in [1.29, 1.82) is 0 Å². The molecule has 0 fully saturated rings. The molecule has 0 aromatic carbocycles. The lowest BCUT2D eigenvalue weighted by atomic mass is 10.4. The van der Waals surface area contributed by atoms with Gasteiger partial charge in [-0.15, -0.1) is 0 Å². The highest BCUT2D eigenvalue weighted by atomic mass is 79.9. The van der Waals surface area contributed by atoms with Crippen molar-refractivity contribution >= 4 is 21.8 Å². The number of hydrogen-bond donors (Lipinski definition) is 0. The molecule has 0 aliphatic rings. The third kappa shape index (κ3) is 3.01. The zero-order chi connectivity index (χ0) is 7.98. The van der Waals surface area contributed by atoms with E-state index >= 15 is 0 Å². The summed E-state index contributed by atoms with van der Waals surface area (Å²) in [5.74, 6) is 0.0573. The number of nitrogens with zero attached hydrogens (tertiary/aromatic N) is 1. The molecule has 0 N–H and O–H groups in total. The van der Waals surface area contributed by atoms with Crippen molar-refractivity contribution in [3.8, 4) is 0 Å². The van der Waals surface area contributed by atoms with Gasteiger partial charge in [-0.3, -0.25) is 4.79 Å². The summed E-state index contributed by atoms with van der Waals surface area (Å²) in [6.07, 6.45) is 1.51. The molecule has 0 spiro atoms. The molecule has 3 heteroatoms. The predicted molar refractivity (Wildman–Crippen MR) is 46.0 cm³/mol. The average Bonchev–Trinajstić information content (AvgIpc) is 1.91. The molecule has 0 aromatic heterocycles. The van der Waals surface area contributed by atoms with Crippen LogP contribution in [0.1, 0.15) is 13.8 Å². The molecule has 0 atom stereocenters. The van der Waals surface area contributed by atoms with Gasteiger partial charge in [0.15, 0.2) is 0 Å². The Kier molecular flexibility index (Phi) is 5.30. The van der Waals surface area contributed by atoms with Gasteiger partial charge in [0.2, 0.25) is 5.91 Å². The summed E-state index contributed by atoms with van der Waals surface area (Å²) in [5.41, 5.74) is 0. The Morgan fingerprint density at radius 1 is 1.50 bits per heavy atom. The highest BCUT2D eigenvalue weighted by Gasteiger charge is 2.02. The van der Waals surface area contributed by atoms with Crippen molar-refractivity contribution in [3.05, 3.63) is 11.1 Å². The van der Waals surface area contributed by atoms with Crippen LogP contribution in [0.5, 0.6) is 0 Å². The highest BCUT2D eigenvalue weighted by Crippen LogP contribution is 1.92. The van der Waals surface area contributed by atoms with Crippen molar-refractivity contribution in [1.82, 2.24) is 4.90 Å². The first kappa shape index (κ1) is 9.69. The molecule has 0 saturated heterocycles. The topological polar surface area (TPSA) is 20.3 Å². The number of halogens is 1. The first-order chi connectivity index (χ1) is 4.76. The average molecular weight is 206 g/mol. The third-order valence-electron chi connectivity index (χ3n) is 1.28. The van der Waals surface area contributed by atoms with Crippen molar-refractivity contribution in [2.45, 2.75) is 13.8 Å². The first-order valence-corrected chi connectivity index (χ1v) is 4.23. The molecule has 0 aromatic rings. The summed E-state index contributed by atoms with van der Waals surface area (Å²) in [4.78, 5) is 14.3. The molecular formula is C7H12BrNO. The summed E-state index contributed by atoms with van der Waals surface area (Å²) in [6, 6.07) is 0. The van der Waals surface area contributed by atoms with Gasteiger partial charge in [0.05, 0.1) is 0 Å². The standard InChI is InChI=1S/C7H12BrNO/c1-3-9(4-2)7(10)5-6-8/h5-6H,3-4H2,1-2H3. The van der Waals surface area contributed by atoms with E-state index in [0.717, 1.165) is 13.1 Å².